The van der Waals surface area contributed by atoms with Crippen molar-refractivity contribution in [3.05, 3.63) is 28.3 Å². The van der Waals surface area contributed by atoms with Crippen LogP contribution in [-0.2, 0) is 6.54 Å². The van der Waals surface area contributed by atoms with Gasteiger partial charge >= 0.3 is 0 Å². The van der Waals surface area contributed by atoms with E-state index >= 15 is 0 Å². The largest absolute Gasteiger partial charge is 0.496 e. The molecule has 3 nitrogen and oxygen atoms in total. The Bertz CT molecular complexity index is 416. The first-order valence-corrected chi connectivity index (χ1v) is 7.04. The summed E-state index contributed by atoms with van der Waals surface area (Å²) in [6, 6.07) is 2.25. The lowest BCUT2D eigenvalue weighted by molar-refractivity contribution is 0.324. The van der Waals surface area contributed by atoms with E-state index in [-0.39, 0.29) is 0 Å². The van der Waals surface area contributed by atoms with Crippen molar-refractivity contribution in [2.45, 2.75) is 34.2 Å². The predicted molar refractivity (Wildman–Crippen MR) is 82.1 cm³/mol. The Morgan fingerprint density at radius 2 is 1.89 bits per heavy atom. The maximum Gasteiger partial charge on any atom is 0.124 e. The van der Waals surface area contributed by atoms with Gasteiger partial charge in [-0.2, -0.15) is 0 Å². The molecular formula is C16H28N2O. The zero-order chi connectivity index (χ0) is 14.4. The molecule has 19 heavy (non-hydrogen) atoms. The molecule has 0 aliphatic carbocycles. The van der Waals surface area contributed by atoms with Crippen LogP contribution >= 0.6 is 0 Å². The SMILES string of the molecule is CCNCCN(C)Cc1cc(C)c(OC)c(C)c1C. The molecule has 0 radical (unpaired) electrons. The van der Waals surface area contributed by atoms with E-state index in [2.05, 4.69) is 51.0 Å². The van der Waals surface area contributed by atoms with E-state index < -0.39 is 0 Å². The van der Waals surface area contributed by atoms with Crippen molar-refractivity contribution >= 4 is 0 Å². The van der Waals surface area contributed by atoms with Crippen LogP contribution in [0.15, 0.2) is 6.07 Å². The zero-order valence-corrected chi connectivity index (χ0v) is 13.3. The minimum atomic E-state index is 0.989. The summed E-state index contributed by atoms with van der Waals surface area (Å²) in [4.78, 5) is 2.36. The fourth-order valence-corrected chi connectivity index (χ4v) is 2.44. The lowest BCUT2D eigenvalue weighted by Crippen LogP contribution is -2.29. The summed E-state index contributed by atoms with van der Waals surface area (Å²) in [5.74, 6) is 1.02. The van der Waals surface area contributed by atoms with Crippen LogP contribution in [0.25, 0.3) is 0 Å². The van der Waals surface area contributed by atoms with Gasteiger partial charge in [-0.25, -0.2) is 0 Å². The molecule has 1 aromatic rings. The smallest absolute Gasteiger partial charge is 0.124 e. The monoisotopic (exact) mass is 264 g/mol. The van der Waals surface area contributed by atoms with Gasteiger partial charge in [-0.05, 0) is 56.6 Å². The van der Waals surface area contributed by atoms with Crippen LogP contribution in [0.1, 0.15) is 29.2 Å². The summed E-state index contributed by atoms with van der Waals surface area (Å²) in [5, 5.41) is 3.36. The van der Waals surface area contributed by atoms with Crippen molar-refractivity contribution in [3.8, 4) is 5.75 Å². The van der Waals surface area contributed by atoms with Crippen LogP contribution in [0.5, 0.6) is 5.75 Å². The number of rotatable bonds is 7. The molecule has 0 fully saturated rings. The highest BCUT2D eigenvalue weighted by molar-refractivity contribution is 5.48. The quantitative estimate of drug-likeness (QED) is 0.766. The molecular weight excluding hydrogens is 236 g/mol. The number of hydrogen-bond acceptors (Lipinski definition) is 3. The molecule has 3 heteroatoms. The predicted octanol–water partition coefficient (Wildman–Crippen LogP) is 2.66. The Morgan fingerprint density at radius 3 is 2.47 bits per heavy atom. The fourth-order valence-electron chi connectivity index (χ4n) is 2.44. The van der Waals surface area contributed by atoms with Gasteiger partial charge in [0.1, 0.15) is 5.75 Å². The third kappa shape index (κ3) is 4.22. The number of hydrogen-bond donors (Lipinski definition) is 1. The first-order valence-electron chi connectivity index (χ1n) is 7.04. The molecule has 0 amide bonds. The van der Waals surface area contributed by atoms with E-state index in [0.29, 0.717) is 0 Å². The van der Waals surface area contributed by atoms with Gasteiger partial charge in [-0.3, -0.25) is 0 Å². The third-order valence-corrected chi connectivity index (χ3v) is 3.70. The van der Waals surface area contributed by atoms with Crippen molar-refractivity contribution < 1.29 is 4.74 Å². The summed E-state index contributed by atoms with van der Waals surface area (Å²) < 4.78 is 5.47. The van der Waals surface area contributed by atoms with Crippen molar-refractivity contribution in [2.75, 3.05) is 33.8 Å². The summed E-state index contributed by atoms with van der Waals surface area (Å²) in [6.45, 7) is 12.7. The second-order valence-corrected chi connectivity index (χ2v) is 5.23. The van der Waals surface area contributed by atoms with E-state index in [0.717, 1.165) is 31.9 Å². The molecule has 0 heterocycles. The number of nitrogens with one attached hydrogen (secondary N) is 1. The highest BCUT2D eigenvalue weighted by Crippen LogP contribution is 2.28. The Balaban J connectivity index is 2.79. The number of benzene rings is 1. The fraction of sp³-hybridized carbons (Fsp3) is 0.625. The van der Waals surface area contributed by atoms with Crippen molar-refractivity contribution in [1.82, 2.24) is 10.2 Å². The zero-order valence-electron chi connectivity index (χ0n) is 13.3. The normalized spacial score (nSPS) is 11.1. The van der Waals surface area contributed by atoms with Crippen molar-refractivity contribution in [2.24, 2.45) is 0 Å². The number of nitrogens with zero attached hydrogens (tertiary/aromatic N) is 1. The van der Waals surface area contributed by atoms with Crippen LogP contribution in [0.3, 0.4) is 0 Å². The standard InChI is InChI=1S/C16H28N2O/c1-7-17-8-9-18(5)11-15-10-12(2)16(19-6)14(4)13(15)3/h10,17H,7-9,11H2,1-6H3. The first kappa shape index (κ1) is 16.0. The molecule has 0 saturated carbocycles. The molecule has 1 aromatic carbocycles. The number of methoxy groups -OCH3 is 1. The third-order valence-electron chi connectivity index (χ3n) is 3.70. The maximum absolute atomic E-state index is 5.47. The minimum absolute atomic E-state index is 0.989. The lowest BCUT2D eigenvalue weighted by Gasteiger charge is -2.21. The van der Waals surface area contributed by atoms with Gasteiger partial charge in [0.15, 0.2) is 0 Å². The van der Waals surface area contributed by atoms with Gasteiger partial charge in [-0.15, -0.1) is 0 Å². The van der Waals surface area contributed by atoms with E-state index in [9.17, 15) is 0 Å². The minimum Gasteiger partial charge on any atom is -0.496 e. The van der Waals surface area contributed by atoms with Crippen LogP contribution in [0, 0.1) is 20.8 Å². The van der Waals surface area contributed by atoms with Crippen LogP contribution in [0.2, 0.25) is 0 Å². The molecule has 0 atom stereocenters. The van der Waals surface area contributed by atoms with Gasteiger partial charge < -0.3 is 15.0 Å². The van der Waals surface area contributed by atoms with E-state index in [1.807, 2.05) is 0 Å². The van der Waals surface area contributed by atoms with Gasteiger partial charge in [0.05, 0.1) is 7.11 Å². The Kier molecular flexibility index (Phi) is 6.32. The lowest BCUT2D eigenvalue weighted by atomic mass is 9.98. The van der Waals surface area contributed by atoms with Crippen LogP contribution < -0.4 is 10.1 Å². The summed E-state index contributed by atoms with van der Waals surface area (Å²) >= 11 is 0. The Morgan fingerprint density at radius 1 is 1.21 bits per heavy atom. The molecule has 108 valence electrons. The average Bonchev–Trinajstić information content (AvgIpc) is 2.36. The number of aryl methyl sites for hydroxylation is 1. The molecule has 0 aliphatic heterocycles. The van der Waals surface area contributed by atoms with E-state index in [4.69, 9.17) is 4.74 Å². The molecule has 0 aromatic heterocycles. The average molecular weight is 264 g/mol. The molecule has 0 spiro atoms. The van der Waals surface area contributed by atoms with Crippen molar-refractivity contribution in [1.29, 1.82) is 0 Å². The van der Waals surface area contributed by atoms with Gasteiger partial charge in [0, 0.05) is 19.6 Å². The topological polar surface area (TPSA) is 24.5 Å². The summed E-state index contributed by atoms with van der Waals surface area (Å²) in [6.07, 6.45) is 0. The van der Waals surface area contributed by atoms with Gasteiger partial charge in [0.2, 0.25) is 0 Å². The van der Waals surface area contributed by atoms with E-state index in [1.54, 1.807) is 7.11 Å². The van der Waals surface area contributed by atoms with Gasteiger partial charge in [0.25, 0.3) is 0 Å². The molecule has 1 N–H and O–H groups in total. The second-order valence-electron chi connectivity index (χ2n) is 5.23. The Hall–Kier alpha value is -1.06. The highest BCUT2D eigenvalue weighted by Gasteiger charge is 2.11. The molecule has 0 saturated heterocycles. The molecule has 0 aliphatic rings. The number of likely N-dealkylation sites (N-methyl/N-ethyl adjacent to an activating group) is 2. The maximum atomic E-state index is 5.47. The van der Waals surface area contributed by atoms with Gasteiger partial charge in [-0.1, -0.05) is 13.0 Å². The molecule has 0 bridgehead atoms. The van der Waals surface area contributed by atoms with Crippen molar-refractivity contribution in [3.63, 3.8) is 0 Å². The summed E-state index contributed by atoms with van der Waals surface area (Å²) in [5.41, 5.74) is 5.23. The molecule has 1 rings (SSSR count). The summed E-state index contributed by atoms with van der Waals surface area (Å²) in [7, 11) is 3.92. The molecule has 0 unspecified atom stereocenters. The van der Waals surface area contributed by atoms with Crippen LogP contribution in [0.4, 0.5) is 0 Å². The Labute approximate surface area is 118 Å². The number of ether oxygens (including phenoxy) is 1. The second kappa shape index (κ2) is 7.51. The highest BCUT2D eigenvalue weighted by atomic mass is 16.5. The van der Waals surface area contributed by atoms with E-state index in [1.165, 1.54) is 22.3 Å². The van der Waals surface area contributed by atoms with Crippen LogP contribution in [-0.4, -0.2) is 38.7 Å². The first-order chi connectivity index (χ1) is 9.01.